The van der Waals surface area contributed by atoms with Crippen LogP contribution in [0.4, 0.5) is 4.39 Å². The van der Waals surface area contributed by atoms with Crippen molar-refractivity contribution in [3.8, 4) is 0 Å². The van der Waals surface area contributed by atoms with Crippen molar-refractivity contribution in [1.29, 1.82) is 0 Å². The molecule has 3 atom stereocenters. The molecule has 1 aliphatic rings. The number of hydrogen-bond donors (Lipinski definition) is 1. The smallest absolute Gasteiger partial charge is 0.130 e. The van der Waals surface area contributed by atoms with E-state index in [0.29, 0.717) is 5.92 Å². The number of aryl methyl sites for hydroxylation is 1. The lowest BCUT2D eigenvalue weighted by Gasteiger charge is -2.34. The maximum absolute atomic E-state index is 14.4. The fraction of sp³-hybridized carbons (Fsp3) is 0.647. The second kappa shape index (κ2) is 6.51. The molecule has 1 aromatic carbocycles. The van der Waals surface area contributed by atoms with Crippen LogP contribution in [0.25, 0.3) is 0 Å². The maximum atomic E-state index is 14.4. The van der Waals surface area contributed by atoms with E-state index >= 15 is 0 Å². The topological polar surface area (TPSA) is 12.0 Å². The van der Waals surface area contributed by atoms with Gasteiger partial charge in [-0.05, 0) is 43.7 Å². The molecule has 0 radical (unpaired) electrons. The van der Waals surface area contributed by atoms with Gasteiger partial charge in [-0.15, -0.1) is 0 Å². The first-order chi connectivity index (χ1) is 9.13. The van der Waals surface area contributed by atoms with E-state index in [1.54, 1.807) is 0 Å². The van der Waals surface area contributed by atoms with Gasteiger partial charge in [-0.25, -0.2) is 4.39 Å². The van der Waals surface area contributed by atoms with Gasteiger partial charge in [0.2, 0.25) is 0 Å². The summed E-state index contributed by atoms with van der Waals surface area (Å²) in [6.07, 6.45) is 5.03. The summed E-state index contributed by atoms with van der Waals surface area (Å²) in [5.41, 5.74) is 1.62. The highest BCUT2D eigenvalue weighted by atomic mass is 19.1. The minimum Gasteiger partial charge on any atom is -0.310 e. The fourth-order valence-corrected chi connectivity index (χ4v) is 3.44. The third-order valence-corrected chi connectivity index (χ3v) is 4.43. The van der Waals surface area contributed by atoms with E-state index in [-0.39, 0.29) is 11.9 Å². The number of nitrogens with one attached hydrogen (secondary N) is 1. The van der Waals surface area contributed by atoms with E-state index in [1.807, 2.05) is 25.1 Å². The zero-order valence-electron chi connectivity index (χ0n) is 12.4. The van der Waals surface area contributed by atoms with Crippen molar-refractivity contribution in [2.45, 2.75) is 52.5 Å². The SMILES string of the molecule is CCNC(c1cccc(C)c1F)C1CCCC(C)C1. The largest absolute Gasteiger partial charge is 0.310 e. The molecule has 106 valence electrons. The molecule has 1 saturated carbocycles. The van der Waals surface area contributed by atoms with E-state index in [9.17, 15) is 4.39 Å². The van der Waals surface area contributed by atoms with Crippen molar-refractivity contribution in [2.75, 3.05) is 6.54 Å². The number of halogens is 1. The Balaban J connectivity index is 2.26. The van der Waals surface area contributed by atoms with Crippen LogP contribution in [0.1, 0.15) is 56.7 Å². The Morgan fingerprint density at radius 2 is 2.16 bits per heavy atom. The summed E-state index contributed by atoms with van der Waals surface area (Å²) in [5.74, 6) is 1.32. The predicted octanol–water partition coefficient (Wildman–Crippen LogP) is 4.61. The van der Waals surface area contributed by atoms with E-state index in [0.717, 1.165) is 23.6 Å². The molecule has 0 amide bonds. The second-order valence-electron chi connectivity index (χ2n) is 6.05. The van der Waals surface area contributed by atoms with Crippen molar-refractivity contribution in [3.05, 3.63) is 35.1 Å². The minimum atomic E-state index is -0.0216. The number of hydrogen-bond acceptors (Lipinski definition) is 1. The molecule has 2 heteroatoms. The first-order valence-electron chi connectivity index (χ1n) is 7.61. The molecule has 1 N–H and O–H groups in total. The summed E-state index contributed by atoms with van der Waals surface area (Å²) in [4.78, 5) is 0. The Kier molecular flexibility index (Phi) is 4.98. The van der Waals surface area contributed by atoms with Crippen molar-refractivity contribution >= 4 is 0 Å². The molecular formula is C17H26FN. The quantitative estimate of drug-likeness (QED) is 0.836. The first-order valence-corrected chi connectivity index (χ1v) is 7.61. The third-order valence-electron chi connectivity index (χ3n) is 4.43. The molecular weight excluding hydrogens is 237 g/mol. The van der Waals surface area contributed by atoms with E-state index < -0.39 is 0 Å². The molecule has 0 aromatic heterocycles. The first kappa shape index (κ1) is 14.5. The van der Waals surface area contributed by atoms with E-state index in [4.69, 9.17) is 0 Å². The van der Waals surface area contributed by atoms with Gasteiger partial charge in [0, 0.05) is 11.6 Å². The van der Waals surface area contributed by atoms with Crippen molar-refractivity contribution in [3.63, 3.8) is 0 Å². The summed E-state index contributed by atoms with van der Waals surface area (Å²) in [6.45, 7) is 7.17. The Bertz CT molecular complexity index is 416. The summed E-state index contributed by atoms with van der Waals surface area (Å²) >= 11 is 0. The fourth-order valence-electron chi connectivity index (χ4n) is 3.44. The highest BCUT2D eigenvalue weighted by Crippen LogP contribution is 2.38. The van der Waals surface area contributed by atoms with Crippen LogP contribution < -0.4 is 5.32 Å². The maximum Gasteiger partial charge on any atom is 0.130 e. The van der Waals surface area contributed by atoms with Gasteiger partial charge in [0.25, 0.3) is 0 Å². The molecule has 0 saturated heterocycles. The van der Waals surface area contributed by atoms with E-state index in [2.05, 4.69) is 19.2 Å². The van der Waals surface area contributed by atoms with Gasteiger partial charge in [0.15, 0.2) is 0 Å². The molecule has 2 rings (SSSR count). The van der Waals surface area contributed by atoms with Crippen molar-refractivity contribution < 1.29 is 4.39 Å². The van der Waals surface area contributed by atoms with Gasteiger partial charge in [0.05, 0.1) is 0 Å². The molecule has 3 unspecified atom stereocenters. The Morgan fingerprint density at radius 3 is 2.84 bits per heavy atom. The number of rotatable bonds is 4. The molecule has 1 nitrogen and oxygen atoms in total. The van der Waals surface area contributed by atoms with Gasteiger partial charge in [-0.3, -0.25) is 0 Å². The van der Waals surface area contributed by atoms with Gasteiger partial charge < -0.3 is 5.32 Å². The summed E-state index contributed by atoms with van der Waals surface area (Å²) in [7, 11) is 0. The molecule has 0 bridgehead atoms. The number of benzene rings is 1. The molecule has 0 spiro atoms. The van der Waals surface area contributed by atoms with Crippen molar-refractivity contribution in [2.24, 2.45) is 11.8 Å². The summed E-state index contributed by atoms with van der Waals surface area (Å²) in [6, 6.07) is 5.96. The van der Waals surface area contributed by atoms with Crippen molar-refractivity contribution in [1.82, 2.24) is 5.32 Å². The van der Waals surface area contributed by atoms with Gasteiger partial charge in [-0.2, -0.15) is 0 Å². The van der Waals surface area contributed by atoms with Crippen LogP contribution in [-0.4, -0.2) is 6.54 Å². The Morgan fingerprint density at radius 1 is 1.37 bits per heavy atom. The van der Waals surface area contributed by atoms with E-state index in [1.165, 1.54) is 25.7 Å². The summed E-state index contributed by atoms with van der Waals surface area (Å²) < 4.78 is 14.4. The Labute approximate surface area is 116 Å². The molecule has 19 heavy (non-hydrogen) atoms. The average molecular weight is 263 g/mol. The molecule has 1 aliphatic carbocycles. The minimum absolute atomic E-state index is 0.0216. The average Bonchev–Trinajstić information content (AvgIpc) is 2.40. The van der Waals surface area contributed by atoms with Crippen LogP contribution in [0.2, 0.25) is 0 Å². The lowest BCUT2D eigenvalue weighted by molar-refractivity contribution is 0.222. The second-order valence-corrected chi connectivity index (χ2v) is 6.05. The zero-order chi connectivity index (χ0) is 13.8. The standard InChI is InChI=1S/C17H26FN/c1-4-19-17(14-9-5-7-12(2)11-14)15-10-6-8-13(3)16(15)18/h6,8,10,12,14,17,19H,4-5,7,9,11H2,1-3H3. The van der Waals surface area contributed by atoms with Crippen LogP contribution in [0.15, 0.2) is 18.2 Å². The molecule has 0 heterocycles. The van der Waals surface area contributed by atoms with Crippen LogP contribution in [0.3, 0.4) is 0 Å². The van der Waals surface area contributed by atoms with Gasteiger partial charge in [0.1, 0.15) is 5.82 Å². The van der Waals surface area contributed by atoms with Gasteiger partial charge >= 0.3 is 0 Å². The highest BCUT2D eigenvalue weighted by molar-refractivity contribution is 5.28. The monoisotopic (exact) mass is 263 g/mol. The Hall–Kier alpha value is -0.890. The van der Waals surface area contributed by atoms with Gasteiger partial charge in [-0.1, -0.05) is 44.9 Å². The van der Waals surface area contributed by atoms with Crippen LogP contribution in [-0.2, 0) is 0 Å². The molecule has 1 fully saturated rings. The highest BCUT2D eigenvalue weighted by Gasteiger charge is 2.29. The predicted molar refractivity (Wildman–Crippen MR) is 78.7 cm³/mol. The summed E-state index contributed by atoms with van der Waals surface area (Å²) in [5, 5.41) is 3.52. The molecule has 1 aromatic rings. The lowest BCUT2D eigenvalue weighted by Crippen LogP contribution is -2.32. The normalized spacial score (nSPS) is 25.3. The lowest BCUT2D eigenvalue weighted by atomic mass is 9.76. The van der Waals surface area contributed by atoms with Crippen LogP contribution >= 0.6 is 0 Å². The molecule has 0 aliphatic heterocycles. The van der Waals surface area contributed by atoms with Crippen LogP contribution in [0.5, 0.6) is 0 Å². The zero-order valence-corrected chi connectivity index (χ0v) is 12.4. The third kappa shape index (κ3) is 3.36. The van der Waals surface area contributed by atoms with Crippen LogP contribution in [0, 0.1) is 24.6 Å².